The maximum atomic E-state index is 7.48. The van der Waals surface area contributed by atoms with Gasteiger partial charge in [0, 0.05) is 762 Å². The van der Waals surface area contributed by atoms with Crippen LogP contribution in [0.1, 0.15) is 27.7 Å². The van der Waals surface area contributed by atoms with Gasteiger partial charge in [-0.2, -0.15) is 0 Å². The second kappa shape index (κ2) is 57.8. The summed E-state index contributed by atoms with van der Waals surface area (Å²) in [6.45, 7) is 8.26. The van der Waals surface area contributed by atoms with Crippen molar-refractivity contribution in [1.82, 2.24) is 4.98 Å². The molecule has 0 amide bonds. The van der Waals surface area contributed by atoms with Gasteiger partial charge in [-0.25, -0.2) is 0 Å². The second-order valence-corrected chi connectivity index (χ2v) is 36.4. The molecule has 0 atom stereocenters. The average Bonchev–Trinajstić information content (AvgIpc) is 1.28. The first kappa shape index (κ1) is 128. The molecular formula is C17H20B107NO2. The molecule has 3 nitrogen and oxygen atoms in total. The Balaban J connectivity index is 0.00000223. The quantitative estimate of drug-likeness (QED) is 0.0619. The molecule has 0 unspecified atom stereocenters. The van der Waals surface area contributed by atoms with Crippen LogP contribution in [-0.2, 0) is 9.31 Å². The predicted molar refractivity (Wildman–Crippen MR) is 695 cm³/mol. The summed E-state index contributed by atoms with van der Waals surface area (Å²) < 4.78 is 12.1. The zero-order valence-corrected chi connectivity index (χ0v) is 74.2. The maximum Gasteiger partial charge on any atom is 0.494 e. The number of benzene rings is 1. The largest absolute Gasteiger partial charge is 0.494 e. The van der Waals surface area contributed by atoms with E-state index in [2.05, 4.69) is 44.8 Å². The highest BCUT2D eigenvalue weighted by Crippen LogP contribution is 2.37. The molecule has 1 aliphatic rings. The fourth-order valence-electron chi connectivity index (χ4n) is 21.6. The van der Waals surface area contributed by atoms with Crippen LogP contribution in [0.25, 0.3) is 11.3 Å². The minimum absolute atomic E-state index is 0.308. The average molecular weight is 1430 g/mol. The molecule has 426 valence electrons. The molecule has 0 bridgehead atoms. The Bertz CT molecular complexity index is 2850. The minimum Gasteiger partial charge on any atom is -0.399 e. The maximum absolute atomic E-state index is 7.48. The van der Waals surface area contributed by atoms with Crippen LogP contribution in [0.2, 0.25) is 0 Å². The molecule has 1 saturated heterocycles. The summed E-state index contributed by atoms with van der Waals surface area (Å²) in [6, 6.07) is 14.1. The highest BCUT2D eigenvalue weighted by molar-refractivity contribution is 8.45. The van der Waals surface area contributed by atoms with E-state index in [1.165, 1.54) is 0 Å². The number of nitrogens with zero attached hydrogens (tertiary/aromatic N) is 1. The van der Waals surface area contributed by atoms with Crippen LogP contribution in [0.4, 0.5) is 0 Å². The van der Waals surface area contributed by atoms with Gasteiger partial charge in [-0.05, 0) is 45.3 Å². The monoisotopic (exact) mass is 1450 g/mol. The number of hydrogen-bond donors (Lipinski definition) is 0. The summed E-state index contributed by atoms with van der Waals surface area (Å²) >= 11 is 0. The Morgan fingerprint density at radius 2 is 0.315 bits per heavy atom. The third-order valence-corrected chi connectivity index (χ3v) is 27.1. The lowest BCUT2D eigenvalue weighted by atomic mass is 8.18. The highest BCUT2D eigenvalue weighted by Gasteiger charge is 2.70. The molecule has 127 heavy (non-hydrogen) atoms. The number of rotatable bonds is 53. The van der Waals surface area contributed by atoms with E-state index < -0.39 is 332 Å². The molecular weight excluding hydrogens is 1410 g/mol. The van der Waals surface area contributed by atoms with Crippen molar-refractivity contribution in [3.8, 4) is 11.3 Å². The van der Waals surface area contributed by atoms with Gasteiger partial charge in [-0.15, -0.1) is 0 Å². The molecule has 0 aliphatic carbocycles. The van der Waals surface area contributed by atoms with Crippen molar-refractivity contribution in [2.45, 2.75) is 38.9 Å². The standard InChI is InChI=1S/C17H20BNO2.B106/c1-16(2)17(3,4)21-18(20-16)14-10-8-13(9-11-14)15-7-5-6-12-19-15;1-55(2)82(56(3)4)95(81(53)54)102(96(83(57(5)6)58(7)8)84(59(9)10)60(11)12)105(101(93(77(45)46)78(47)48)94(79(49)50)80(51)52)106(103(97(85(61(13)14)62(15)16)86(63(17)18)64(19)20)98(87(65(21)22)66(23)24)88(67(25)26)68(27)28)104(99(89(69(29)30)70(31)32)90(71(33)34)72(35)36)100(91(73(37)38)74(39)40)92(75(41)42)76(43)44/h5-12H,1-4H3;. The molecule has 1 aliphatic heterocycles. The second-order valence-electron chi connectivity index (χ2n) is 36.4. The van der Waals surface area contributed by atoms with Crippen molar-refractivity contribution in [2.24, 2.45) is 0 Å². The minimum atomic E-state index is -2.43. The van der Waals surface area contributed by atoms with Crippen molar-refractivity contribution < 1.29 is 9.31 Å². The lowest BCUT2D eigenvalue weighted by Gasteiger charge is -2.63. The third-order valence-electron chi connectivity index (χ3n) is 27.1. The molecule has 2 heterocycles. The summed E-state index contributed by atoms with van der Waals surface area (Å²) in [6.07, 6.45) is -100. The summed E-state index contributed by atoms with van der Waals surface area (Å²) in [5, 5.41) is 0. The van der Waals surface area contributed by atoms with E-state index in [4.69, 9.17) is 427 Å². The lowest BCUT2D eigenvalue weighted by molar-refractivity contribution is 0.00578. The van der Waals surface area contributed by atoms with E-state index in [9.17, 15) is 0 Å². The zero-order chi connectivity index (χ0) is 99.1. The Morgan fingerprint density at radius 3 is 0.449 bits per heavy atom. The molecule has 1 fully saturated rings. The van der Waals surface area contributed by atoms with Crippen LogP contribution in [0.3, 0.4) is 0 Å². The van der Waals surface area contributed by atoms with Crippen LogP contribution < -0.4 is 5.46 Å². The van der Waals surface area contributed by atoms with Crippen LogP contribution in [-0.4, -0.2) is 773 Å². The molecule has 110 heteroatoms. The molecule has 0 N–H and O–H groups in total. The molecule has 0 spiro atoms. The fourth-order valence-corrected chi connectivity index (χ4v) is 21.6. The Kier molecular flexibility index (Phi) is 58.4. The topological polar surface area (TPSA) is 31.4 Å². The number of hydrogen-bond acceptors (Lipinski definition) is 3. The normalized spacial score (nSPS) is 11.5. The van der Waals surface area contributed by atoms with E-state index >= 15 is 0 Å². The first-order valence-corrected chi connectivity index (χ1v) is 42.3. The summed E-state index contributed by atoms with van der Waals surface area (Å²) in [5.74, 6) is 0. The van der Waals surface area contributed by atoms with Gasteiger partial charge >= 0.3 is 7.12 Å². The van der Waals surface area contributed by atoms with Crippen LogP contribution in [0.15, 0.2) is 48.7 Å². The van der Waals surface area contributed by atoms with Gasteiger partial charge < -0.3 is 9.31 Å². The van der Waals surface area contributed by atoms with Crippen LogP contribution in [0, 0.1) is 0 Å². The van der Waals surface area contributed by atoms with E-state index in [0.29, 0.717) is 0 Å². The molecule has 3 rings (SSSR count). The Morgan fingerprint density at radius 1 is 0.181 bits per heavy atom. The molecule has 1 aromatic carbocycles. The van der Waals surface area contributed by atoms with Gasteiger partial charge in [-0.1, -0.05) is 30.3 Å². The fraction of sp³-hybridized carbons (Fsp3) is 0.353. The summed E-state index contributed by atoms with van der Waals surface area (Å²) in [4.78, 5) is 4.36. The zero-order valence-electron chi connectivity index (χ0n) is 74.2. The van der Waals surface area contributed by atoms with E-state index in [0.717, 1.165) is 16.7 Å². The highest BCUT2D eigenvalue weighted by atomic mass is 16.7. The van der Waals surface area contributed by atoms with Gasteiger partial charge in [0.1, 0.15) is 0 Å². The summed E-state index contributed by atoms with van der Waals surface area (Å²) in [7, 11) is 387. The number of aromatic nitrogens is 1. The Hall–Kier alpha value is 5.24. The molecule has 0 saturated carbocycles. The van der Waals surface area contributed by atoms with Crippen LogP contribution in [0.5, 0.6) is 0 Å². The van der Waals surface area contributed by atoms with E-state index in [1.54, 1.807) is 6.20 Å². The smallest absolute Gasteiger partial charge is 0.399 e. The molecule has 108 radical (unpaired) electrons. The Labute approximate surface area is 866 Å². The van der Waals surface area contributed by atoms with Crippen molar-refractivity contribution in [3.63, 3.8) is 0 Å². The third kappa shape index (κ3) is 33.9. The predicted octanol–water partition coefficient (Wildman–Crippen LogP) is -37.3. The first-order valence-electron chi connectivity index (χ1n) is 42.3. The van der Waals surface area contributed by atoms with Gasteiger partial charge in [0.05, 0.1) is 16.9 Å². The van der Waals surface area contributed by atoms with E-state index in [-0.39, 0.29) is 18.3 Å². The molecule has 1 aromatic heterocycles. The van der Waals surface area contributed by atoms with Gasteiger partial charge in [0.2, 0.25) is 0 Å². The summed E-state index contributed by atoms with van der Waals surface area (Å²) in [5.41, 5.74) is 2.48. The van der Waals surface area contributed by atoms with Crippen molar-refractivity contribution in [1.29, 1.82) is 0 Å². The van der Waals surface area contributed by atoms with Gasteiger partial charge in [-0.3, -0.25) is 4.98 Å². The van der Waals surface area contributed by atoms with Crippen molar-refractivity contribution in [3.05, 3.63) is 48.7 Å². The van der Waals surface area contributed by atoms with Crippen LogP contribution >= 0.6 is 0 Å². The van der Waals surface area contributed by atoms with Gasteiger partial charge in [0.15, 0.2) is 0 Å². The first-order chi connectivity index (χ1) is 58.1. The SMILES string of the molecule is CC1(C)OB(c2ccc(-c3ccccn3)cc2)OC1(C)C.[B]B([B])B(B([B])[B])B(B([B])[B])B(B(B(B([B])[B])B([B])[B])B(B([B])[B])B([B])[B])B(B(B(B([B])[B])B([B])[B])B(B([B])[B])B([B])[B])B(B(B(B(B([B])[B])B([B])[B])B(B([B])[B])B([B])[B])B(B(B([B])[B])B([B])[B])B(B([B])[B])B([B])[B])B(B(B(B([B])[B])B([B])[B])B(B([B])[B])B([B])[B])B(B(B([B])[B])B([B])[B])B(B([B])[B])B([B])[B]. The van der Waals surface area contributed by atoms with Crippen molar-refractivity contribution in [2.75, 3.05) is 0 Å². The number of pyridine rings is 1. The van der Waals surface area contributed by atoms with Crippen molar-refractivity contribution >= 4 is 762 Å². The lowest BCUT2D eigenvalue weighted by Crippen LogP contribution is -3.02. The molecule has 2 aromatic rings. The van der Waals surface area contributed by atoms with Gasteiger partial charge in [0.25, 0.3) is 0 Å². The van der Waals surface area contributed by atoms with E-state index in [1.807, 2.05) is 30.3 Å².